The lowest BCUT2D eigenvalue weighted by molar-refractivity contribution is -0.137. The first-order chi connectivity index (χ1) is 12.0. The van der Waals surface area contributed by atoms with E-state index in [0.29, 0.717) is 31.1 Å². The van der Waals surface area contributed by atoms with Gasteiger partial charge in [0.25, 0.3) is 5.91 Å². The van der Waals surface area contributed by atoms with E-state index < -0.39 is 0 Å². The zero-order chi connectivity index (χ0) is 18.2. The Hall–Kier alpha value is -2.15. The Bertz CT molecular complexity index is 566. The van der Waals surface area contributed by atoms with E-state index in [0.717, 1.165) is 19.3 Å². The summed E-state index contributed by atoms with van der Waals surface area (Å²) in [5.74, 6) is 0.458. The maximum atomic E-state index is 12.0. The van der Waals surface area contributed by atoms with Crippen LogP contribution in [0.3, 0.4) is 0 Å². The molecular formula is C18H27N3O4. The fourth-order valence-corrected chi connectivity index (χ4v) is 2.62. The van der Waals surface area contributed by atoms with Crippen molar-refractivity contribution in [3.05, 3.63) is 23.9 Å². The average Bonchev–Trinajstić information content (AvgIpc) is 2.62. The van der Waals surface area contributed by atoms with Gasteiger partial charge in [-0.25, -0.2) is 4.98 Å². The Balaban J connectivity index is 1.78. The van der Waals surface area contributed by atoms with Gasteiger partial charge in [0.15, 0.2) is 0 Å². The van der Waals surface area contributed by atoms with E-state index in [1.165, 1.54) is 11.1 Å². The number of hydrogen-bond acceptors (Lipinski definition) is 5. The third-order valence-corrected chi connectivity index (χ3v) is 4.05. The molecule has 0 spiro atoms. The monoisotopic (exact) mass is 349 g/mol. The topological polar surface area (TPSA) is 72.0 Å². The summed E-state index contributed by atoms with van der Waals surface area (Å²) in [6.45, 7) is 4.11. The number of nitrogens with zero attached hydrogens (tertiary/aromatic N) is 3. The van der Waals surface area contributed by atoms with Gasteiger partial charge in [-0.15, -0.1) is 0 Å². The molecule has 2 amide bonds. The number of carbonyl (C=O) groups excluding carboxylic acids is 2. The standard InChI is InChI=1S/C18H27N3O4/c1-4-11-24-13-17(22)21-9-7-15(8-10-21)25-16-6-5-14(12-19-16)18(23)20(2)3/h5-6,12,15H,4,7-11,13H2,1-3H3. The Kier molecular flexibility index (Phi) is 7.18. The molecule has 0 unspecified atom stereocenters. The van der Waals surface area contributed by atoms with E-state index in [1.807, 2.05) is 11.8 Å². The van der Waals surface area contributed by atoms with Crippen molar-refractivity contribution in [2.45, 2.75) is 32.3 Å². The van der Waals surface area contributed by atoms with E-state index in [9.17, 15) is 9.59 Å². The number of pyridine rings is 1. The first kappa shape index (κ1) is 19.2. The van der Waals surface area contributed by atoms with Crippen molar-refractivity contribution in [2.24, 2.45) is 0 Å². The second-order valence-corrected chi connectivity index (χ2v) is 6.34. The summed E-state index contributed by atoms with van der Waals surface area (Å²) in [6.07, 6.45) is 4.00. The van der Waals surface area contributed by atoms with Crippen molar-refractivity contribution in [3.8, 4) is 5.88 Å². The average molecular weight is 349 g/mol. The summed E-state index contributed by atoms with van der Waals surface area (Å²) in [4.78, 5) is 31.4. The summed E-state index contributed by atoms with van der Waals surface area (Å²) < 4.78 is 11.2. The number of likely N-dealkylation sites (tertiary alicyclic amines) is 1. The van der Waals surface area contributed by atoms with Crippen LogP contribution in [0.4, 0.5) is 0 Å². The summed E-state index contributed by atoms with van der Waals surface area (Å²) in [5, 5.41) is 0. The van der Waals surface area contributed by atoms with Crippen molar-refractivity contribution in [1.82, 2.24) is 14.8 Å². The van der Waals surface area contributed by atoms with Crippen LogP contribution in [-0.4, -0.2) is 73.1 Å². The number of amides is 2. The van der Waals surface area contributed by atoms with Crippen molar-refractivity contribution in [1.29, 1.82) is 0 Å². The molecule has 0 bridgehead atoms. The number of rotatable bonds is 7. The van der Waals surface area contributed by atoms with E-state index in [2.05, 4.69) is 4.98 Å². The fourth-order valence-electron chi connectivity index (χ4n) is 2.62. The molecule has 2 heterocycles. The van der Waals surface area contributed by atoms with Crippen LogP contribution in [0.1, 0.15) is 36.5 Å². The first-order valence-electron chi connectivity index (χ1n) is 8.71. The van der Waals surface area contributed by atoms with Gasteiger partial charge in [0, 0.05) is 58.9 Å². The summed E-state index contributed by atoms with van der Waals surface area (Å²) in [6, 6.07) is 3.43. The summed E-state index contributed by atoms with van der Waals surface area (Å²) in [5.41, 5.74) is 0.532. The fraction of sp³-hybridized carbons (Fsp3) is 0.611. The molecule has 1 aliphatic heterocycles. The van der Waals surface area contributed by atoms with Crippen LogP contribution in [0, 0.1) is 0 Å². The molecule has 1 aromatic heterocycles. The largest absolute Gasteiger partial charge is 0.474 e. The first-order valence-corrected chi connectivity index (χ1v) is 8.71. The van der Waals surface area contributed by atoms with Crippen LogP contribution in [0.2, 0.25) is 0 Å². The van der Waals surface area contributed by atoms with Gasteiger partial charge in [-0.2, -0.15) is 0 Å². The third kappa shape index (κ3) is 5.70. The zero-order valence-electron chi connectivity index (χ0n) is 15.2. The summed E-state index contributed by atoms with van der Waals surface area (Å²) >= 11 is 0. The lowest BCUT2D eigenvalue weighted by Crippen LogP contribution is -2.43. The number of hydrogen-bond donors (Lipinski definition) is 0. The molecule has 138 valence electrons. The van der Waals surface area contributed by atoms with Crippen molar-refractivity contribution in [3.63, 3.8) is 0 Å². The highest BCUT2D eigenvalue weighted by molar-refractivity contribution is 5.93. The molecule has 1 saturated heterocycles. The molecule has 0 aromatic carbocycles. The van der Waals surface area contributed by atoms with E-state index >= 15 is 0 Å². The molecule has 7 heteroatoms. The third-order valence-electron chi connectivity index (χ3n) is 4.05. The van der Waals surface area contributed by atoms with Gasteiger partial charge in [-0.1, -0.05) is 6.92 Å². The maximum absolute atomic E-state index is 12.0. The predicted molar refractivity (Wildman–Crippen MR) is 93.6 cm³/mol. The smallest absolute Gasteiger partial charge is 0.254 e. The Morgan fingerprint density at radius 1 is 1.28 bits per heavy atom. The number of carbonyl (C=O) groups is 2. The van der Waals surface area contributed by atoms with Gasteiger partial charge in [0.05, 0.1) is 5.56 Å². The Morgan fingerprint density at radius 3 is 2.56 bits per heavy atom. The number of ether oxygens (including phenoxy) is 2. The number of piperidine rings is 1. The minimum Gasteiger partial charge on any atom is -0.474 e. The minimum atomic E-state index is -0.0869. The maximum Gasteiger partial charge on any atom is 0.254 e. The van der Waals surface area contributed by atoms with Crippen LogP contribution < -0.4 is 4.74 Å². The molecule has 0 saturated carbocycles. The second kappa shape index (κ2) is 9.36. The normalized spacial score (nSPS) is 15.1. The van der Waals surface area contributed by atoms with Crippen molar-refractivity contribution in [2.75, 3.05) is 40.4 Å². The SMILES string of the molecule is CCCOCC(=O)N1CCC(Oc2ccc(C(=O)N(C)C)cn2)CC1. The second-order valence-electron chi connectivity index (χ2n) is 6.34. The van der Waals surface area contributed by atoms with Crippen molar-refractivity contribution < 1.29 is 19.1 Å². The lowest BCUT2D eigenvalue weighted by atomic mass is 10.1. The molecule has 25 heavy (non-hydrogen) atoms. The zero-order valence-corrected chi connectivity index (χ0v) is 15.2. The van der Waals surface area contributed by atoms with Gasteiger partial charge in [-0.05, 0) is 12.5 Å². The lowest BCUT2D eigenvalue weighted by Gasteiger charge is -2.31. The molecule has 1 aromatic rings. The van der Waals surface area contributed by atoms with Gasteiger partial charge in [0.2, 0.25) is 11.8 Å². The van der Waals surface area contributed by atoms with Crippen LogP contribution in [0.5, 0.6) is 5.88 Å². The molecule has 0 N–H and O–H groups in total. The molecule has 0 atom stereocenters. The highest BCUT2D eigenvalue weighted by Gasteiger charge is 2.24. The molecule has 1 aliphatic rings. The van der Waals surface area contributed by atoms with Gasteiger partial charge >= 0.3 is 0 Å². The highest BCUT2D eigenvalue weighted by atomic mass is 16.5. The van der Waals surface area contributed by atoms with Gasteiger partial charge < -0.3 is 19.3 Å². The van der Waals surface area contributed by atoms with Crippen LogP contribution >= 0.6 is 0 Å². The minimum absolute atomic E-state index is 0.0310. The molecule has 7 nitrogen and oxygen atoms in total. The molecule has 1 fully saturated rings. The molecular weight excluding hydrogens is 322 g/mol. The van der Waals surface area contributed by atoms with E-state index in [-0.39, 0.29) is 24.5 Å². The van der Waals surface area contributed by atoms with Crippen LogP contribution in [0.15, 0.2) is 18.3 Å². The molecule has 0 radical (unpaired) electrons. The van der Waals surface area contributed by atoms with Gasteiger partial charge in [0.1, 0.15) is 12.7 Å². The highest BCUT2D eigenvalue weighted by Crippen LogP contribution is 2.18. The van der Waals surface area contributed by atoms with E-state index in [4.69, 9.17) is 9.47 Å². The molecule has 0 aliphatic carbocycles. The Labute approximate surface area is 148 Å². The van der Waals surface area contributed by atoms with Crippen LogP contribution in [0.25, 0.3) is 0 Å². The molecule has 2 rings (SSSR count). The van der Waals surface area contributed by atoms with Crippen molar-refractivity contribution >= 4 is 11.8 Å². The quantitative estimate of drug-likeness (QED) is 0.699. The number of aromatic nitrogens is 1. The Morgan fingerprint density at radius 2 is 2.00 bits per heavy atom. The predicted octanol–water partition coefficient (Wildman–Crippen LogP) is 1.58. The van der Waals surface area contributed by atoms with Gasteiger partial charge in [-0.3, -0.25) is 9.59 Å². The summed E-state index contributed by atoms with van der Waals surface area (Å²) in [7, 11) is 3.41. The van der Waals surface area contributed by atoms with Crippen LogP contribution in [-0.2, 0) is 9.53 Å². The van der Waals surface area contributed by atoms with E-state index in [1.54, 1.807) is 26.2 Å².